The second-order valence-corrected chi connectivity index (χ2v) is 8.05. The van der Waals surface area contributed by atoms with Gasteiger partial charge in [-0.05, 0) is 36.5 Å². The molecule has 0 spiro atoms. The molecule has 0 saturated heterocycles. The molecule has 4 rings (SSSR count). The number of amides is 1. The molecule has 152 valence electrons. The van der Waals surface area contributed by atoms with E-state index in [0.29, 0.717) is 48.0 Å². The minimum absolute atomic E-state index is 0.0895. The molecule has 2 heterocycles. The molecule has 1 aliphatic carbocycles. The predicted molar refractivity (Wildman–Crippen MR) is 112 cm³/mol. The van der Waals surface area contributed by atoms with E-state index in [9.17, 15) is 9.59 Å². The standard InChI is InChI=1S/C21H24ClN5O2/c22-17-7-5-16(6-8-17)13-26-14-24-20-18(21(26)29)12-25-27(20)10-9-23-19(28)11-15-3-1-2-4-15/h5-8,12,14-15H,1-4,9-11,13H2,(H,23,28). The van der Waals surface area contributed by atoms with Gasteiger partial charge in [-0.1, -0.05) is 36.6 Å². The summed E-state index contributed by atoms with van der Waals surface area (Å²) in [6.45, 7) is 1.37. The van der Waals surface area contributed by atoms with E-state index in [0.717, 1.165) is 18.4 Å². The van der Waals surface area contributed by atoms with Crippen molar-refractivity contribution in [2.75, 3.05) is 6.54 Å². The van der Waals surface area contributed by atoms with Crippen molar-refractivity contribution in [3.8, 4) is 0 Å². The van der Waals surface area contributed by atoms with E-state index in [-0.39, 0.29) is 11.5 Å². The Hall–Kier alpha value is -2.67. The van der Waals surface area contributed by atoms with Crippen molar-refractivity contribution in [2.24, 2.45) is 5.92 Å². The molecular formula is C21H24ClN5O2. The molecule has 29 heavy (non-hydrogen) atoms. The molecule has 0 bridgehead atoms. The monoisotopic (exact) mass is 413 g/mol. The molecule has 1 amide bonds. The highest BCUT2D eigenvalue weighted by Gasteiger charge is 2.18. The van der Waals surface area contributed by atoms with E-state index in [2.05, 4.69) is 15.4 Å². The molecule has 0 aliphatic heterocycles. The molecule has 1 N–H and O–H groups in total. The number of carbonyl (C=O) groups excluding carboxylic acids is 1. The van der Waals surface area contributed by atoms with Crippen LogP contribution in [0.1, 0.15) is 37.7 Å². The van der Waals surface area contributed by atoms with Crippen molar-refractivity contribution in [1.82, 2.24) is 24.6 Å². The first-order valence-electron chi connectivity index (χ1n) is 10.0. The number of rotatable bonds is 7. The van der Waals surface area contributed by atoms with Gasteiger partial charge in [0.2, 0.25) is 5.91 Å². The van der Waals surface area contributed by atoms with Gasteiger partial charge in [0.25, 0.3) is 5.56 Å². The van der Waals surface area contributed by atoms with Gasteiger partial charge < -0.3 is 5.32 Å². The Labute approximate surface area is 173 Å². The number of aromatic nitrogens is 4. The van der Waals surface area contributed by atoms with Crippen molar-refractivity contribution in [1.29, 1.82) is 0 Å². The van der Waals surface area contributed by atoms with Crippen molar-refractivity contribution < 1.29 is 4.79 Å². The number of hydrogen-bond acceptors (Lipinski definition) is 4. The van der Waals surface area contributed by atoms with Crippen LogP contribution in [0.2, 0.25) is 5.02 Å². The smallest absolute Gasteiger partial charge is 0.264 e. The van der Waals surface area contributed by atoms with E-state index in [1.807, 2.05) is 12.1 Å². The molecule has 0 atom stereocenters. The van der Waals surface area contributed by atoms with E-state index in [4.69, 9.17) is 11.6 Å². The van der Waals surface area contributed by atoms with Crippen molar-refractivity contribution in [3.63, 3.8) is 0 Å². The number of halogens is 1. The SMILES string of the molecule is O=C(CC1CCCC1)NCCn1ncc2c(=O)n(Cc3ccc(Cl)cc3)cnc21. The molecule has 1 fully saturated rings. The first-order valence-corrected chi connectivity index (χ1v) is 10.4. The van der Waals surface area contributed by atoms with Gasteiger partial charge in [0.15, 0.2) is 5.65 Å². The lowest BCUT2D eigenvalue weighted by Gasteiger charge is -2.10. The Morgan fingerprint density at radius 1 is 1.21 bits per heavy atom. The molecule has 7 nitrogen and oxygen atoms in total. The van der Waals surface area contributed by atoms with Crippen LogP contribution >= 0.6 is 11.6 Å². The van der Waals surface area contributed by atoms with Gasteiger partial charge in [-0.25, -0.2) is 9.67 Å². The highest BCUT2D eigenvalue weighted by Crippen LogP contribution is 2.27. The van der Waals surface area contributed by atoms with Crippen LogP contribution in [0, 0.1) is 5.92 Å². The number of nitrogens with zero attached hydrogens (tertiary/aromatic N) is 4. The van der Waals surface area contributed by atoms with Gasteiger partial charge in [-0.3, -0.25) is 14.2 Å². The van der Waals surface area contributed by atoms with E-state index in [1.54, 1.807) is 27.6 Å². The number of benzene rings is 1. The molecule has 0 unspecified atom stereocenters. The third-order valence-electron chi connectivity index (χ3n) is 5.48. The maximum Gasteiger partial charge on any atom is 0.264 e. The lowest BCUT2D eigenvalue weighted by atomic mass is 10.0. The van der Waals surface area contributed by atoms with E-state index in [1.165, 1.54) is 19.2 Å². The molecule has 1 aromatic carbocycles. The maximum absolute atomic E-state index is 12.8. The van der Waals surface area contributed by atoms with Crippen molar-refractivity contribution in [2.45, 2.75) is 45.2 Å². The Morgan fingerprint density at radius 2 is 1.97 bits per heavy atom. The zero-order valence-electron chi connectivity index (χ0n) is 16.2. The fourth-order valence-electron chi connectivity index (χ4n) is 3.91. The average molecular weight is 414 g/mol. The fourth-order valence-corrected chi connectivity index (χ4v) is 4.04. The van der Waals surface area contributed by atoms with Crippen LogP contribution in [0.3, 0.4) is 0 Å². The summed E-state index contributed by atoms with van der Waals surface area (Å²) in [5, 5.41) is 8.37. The topological polar surface area (TPSA) is 81.8 Å². The summed E-state index contributed by atoms with van der Waals surface area (Å²) < 4.78 is 3.22. The van der Waals surface area contributed by atoms with Gasteiger partial charge >= 0.3 is 0 Å². The van der Waals surface area contributed by atoms with Gasteiger partial charge in [0.05, 0.1) is 19.3 Å². The quantitative estimate of drug-likeness (QED) is 0.645. The van der Waals surface area contributed by atoms with Crippen LogP contribution in [-0.2, 0) is 17.9 Å². The Kier molecular flexibility index (Phi) is 5.94. The molecule has 0 radical (unpaired) electrons. The number of nitrogens with one attached hydrogen (secondary N) is 1. The van der Waals surface area contributed by atoms with Crippen LogP contribution in [0.25, 0.3) is 11.0 Å². The number of hydrogen-bond donors (Lipinski definition) is 1. The summed E-state index contributed by atoms with van der Waals surface area (Å²) in [5.74, 6) is 0.618. The summed E-state index contributed by atoms with van der Waals surface area (Å²) in [6.07, 6.45) is 8.47. The molecule has 8 heteroatoms. The minimum Gasteiger partial charge on any atom is -0.354 e. The number of fused-ring (bicyclic) bond motifs is 1. The van der Waals surface area contributed by atoms with Gasteiger partial charge in [-0.15, -0.1) is 0 Å². The van der Waals surface area contributed by atoms with Crippen LogP contribution in [0.15, 0.2) is 41.6 Å². The summed E-state index contributed by atoms with van der Waals surface area (Å²) in [5.41, 5.74) is 1.36. The zero-order chi connectivity index (χ0) is 20.2. The van der Waals surface area contributed by atoms with Gasteiger partial charge in [-0.2, -0.15) is 5.10 Å². The maximum atomic E-state index is 12.8. The number of carbonyl (C=O) groups is 1. The second kappa shape index (κ2) is 8.78. The average Bonchev–Trinajstić information content (AvgIpc) is 3.36. The zero-order valence-corrected chi connectivity index (χ0v) is 16.9. The molecular weight excluding hydrogens is 390 g/mol. The van der Waals surface area contributed by atoms with Crippen LogP contribution in [0.5, 0.6) is 0 Å². The van der Waals surface area contributed by atoms with Crippen molar-refractivity contribution in [3.05, 3.63) is 57.7 Å². The largest absolute Gasteiger partial charge is 0.354 e. The molecule has 1 aliphatic rings. The lowest BCUT2D eigenvalue weighted by Crippen LogP contribution is -2.29. The van der Waals surface area contributed by atoms with E-state index < -0.39 is 0 Å². The van der Waals surface area contributed by atoms with Gasteiger partial charge in [0, 0.05) is 18.0 Å². The summed E-state index contributed by atoms with van der Waals surface area (Å²) in [4.78, 5) is 29.2. The first kappa shape index (κ1) is 19.6. The predicted octanol–water partition coefficient (Wildman–Crippen LogP) is 2.99. The summed E-state index contributed by atoms with van der Waals surface area (Å²) >= 11 is 5.91. The van der Waals surface area contributed by atoms with Crippen LogP contribution in [-0.4, -0.2) is 31.8 Å². The molecule has 2 aromatic heterocycles. The van der Waals surface area contributed by atoms with E-state index >= 15 is 0 Å². The highest BCUT2D eigenvalue weighted by molar-refractivity contribution is 6.30. The summed E-state index contributed by atoms with van der Waals surface area (Å²) in [7, 11) is 0. The molecule has 1 saturated carbocycles. The highest BCUT2D eigenvalue weighted by atomic mass is 35.5. The minimum atomic E-state index is -0.138. The Balaban J connectivity index is 1.39. The summed E-state index contributed by atoms with van der Waals surface area (Å²) in [6, 6.07) is 7.37. The van der Waals surface area contributed by atoms with Gasteiger partial charge in [0.1, 0.15) is 11.7 Å². The van der Waals surface area contributed by atoms with Crippen LogP contribution < -0.4 is 10.9 Å². The first-order chi connectivity index (χ1) is 14.1. The Morgan fingerprint density at radius 3 is 2.72 bits per heavy atom. The third kappa shape index (κ3) is 4.67. The second-order valence-electron chi connectivity index (χ2n) is 7.61. The van der Waals surface area contributed by atoms with Crippen LogP contribution in [0.4, 0.5) is 0 Å². The normalized spacial score (nSPS) is 14.5. The molecule has 3 aromatic rings. The third-order valence-corrected chi connectivity index (χ3v) is 5.74. The van der Waals surface area contributed by atoms with Crippen molar-refractivity contribution >= 4 is 28.5 Å². The Bertz CT molecular complexity index is 1050. The fraction of sp³-hybridized carbons (Fsp3) is 0.429. The lowest BCUT2D eigenvalue weighted by molar-refractivity contribution is -0.122.